The van der Waals surface area contributed by atoms with Crippen LogP contribution in [-0.2, 0) is 0 Å². The standard InChI is InChI=1S/C12H23N3/c1-12(2,10-13)6-7-14-9-11-5-4-8-15(11)3/h11,14H,4-9H2,1-3H3. The van der Waals surface area contributed by atoms with E-state index in [0.717, 1.165) is 19.5 Å². The fraction of sp³-hybridized carbons (Fsp3) is 0.917. The van der Waals surface area contributed by atoms with Gasteiger partial charge in [-0.05, 0) is 53.2 Å². The summed E-state index contributed by atoms with van der Waals surface area (Å²) in [6, 6.07) is 3.03. The normalized spacial score (nSPS) is 22.9. The molecule has 3 heteroatoms. The number of nitriles is 1. The molecule has 1 N–H and O–H groups in total. The molecule has 0 bridgehead atoms. The van der Waals surface area contributed by atoms with Crippen LogP contribution >= 0.6 is 0 Å². The van der Waals surface area contributed by atoms with Gasteiger partial charge in [-0.25, -0.2) is 0 Å². The molecule has 1 unspecified atom stereocenters. The molecule has 0 aromatic rings. The van der Waals surface area contributed by atoms with Crippen molar-refractivity contribution in [2.24, 2.45) is 5.41 Å². The van der Waals surface area contributed by atoms with Gasteiger partial charge < -0.3 is 10.2 Å². The van der Waals surface area contributed by atoms with Crippen molar-refractivity contribution < 1.29 is 0 Å². The van der Waals surface area contributed by atoms with Crippen molar-refractivity contribution in [2.75, 3.05) is 26.7 Å². The van der Waals surface area contributed by atoms with Gasteiger partial charge in [0.05, 0.1) is 11.5 Å². The lowest BCUT2D eigenvalue weighted by Gasteiger charge is -2.21. The van der Waals surface area contributed by atoms with Gasteiger partial charge >= 0.3 is 0 Å². The molecule has 3 nitrogen and oxygen atoms in total. The minimum absolute atomic E-state index is 0.186. The second-order valence-electron chi connectivity index (χ2n) is 5.23. The van der Waals surface area contributed by atoms with Crippen LogP contribution in [0.25, 0.3) is 0 Å². The Kier molecular flexibility index (Phi) is 4.56. The third-order valence-electron chi connectivity index (χ3n) is 3.28. The van der Waals surface area contributed by atoms with E-state index >= 15 is 0 Å². The van der Waals surface area contributed by atoms with Crippen LogP contribution in [0.2, 0.25) is 0 Å². The van der Waals surface area contributed by atoms with Crippen molar-refractivity contribution in [1.29, 1.82) is 5.26 Å². The highest BCUT2D eigenvalue weighted by molar-refractivity contribution is 4.92. The van der Waals surface area contributed by atoms with E-state index in [-0.39, 0.29) is 5.41 Å². The molecule has 0 aromatic carbocycles. The summed E-state index contributed by atoms with van der Waals surface area (Å²) in [6.07, 6.45) is 3.57. The molecule has 15 heavy (non-hydrogen) atoms. The number of likely N-dealkylation sites (tertiary alicyclic amines) is 1. The Morgan fingerprint density at radius 2 is 2.27 bits per heavy atom. The number of hydrogen-bond acceptors (Lipinski definition) is 3. The van der Waals surface area contributed by atoms with Crippen molar-refractivity contribution in [1.82, 2.24) is 10.2 Å². The summed E-state index contributed by atoms with van der Waals surface area (Å²) >= 11 is 0. The van der Waals surface area contributed by atoms with Gasteiger partial charge in [-0.1, -0.05) is 0 Å². The highest BCUT2D eigenvalue weighted by Crippen LogP contribution is 2.17. The first-order chi connectivity index (χ1) is 7.05. The van der Waals surface area contributed by atoms with E-state index in [1.54, 1.807) is 0 Å². The molecule has 0 spiro atoms. The third kappa shape index (κ3) is 4.19. The van der Waals surface area contributed by atoms with Crippen LogP contribution in [-0.4, -0.2) is 37.6 Å². The van der Waals surface area contributed by atoms with Gasteiger partial charge in [-0.15, -0.1) is 0 Å². The molecule has 1 aliphatic heterocycles. The Balaban J connectivity index is 2.09. The summed E-state index contributed by atoms with van der Waals surface area (Å²) < 4.78 is 0. The Bertz CT molecular complexity index is 230. The maximum absolute atomic E-state index is 8.86. The van der Waals surface area contributed by atoms with Crippen LogP contribution in [0.4, 0.5) is 0 Å². The van der Waals surface area contributed by atoms with Gasteiger partial charge in [-0.3, -0.25) is 0 Å². The number of likely N-dealkylation sites (N-methyl/N-ethyl adjacent to an activating group) is 1. The summed E-state index contributed by atoms with van der Waals surface area (Å²) in [4.78, 5) is 2.42. The van der Waals surface area contributed by atoms with Gasteiger partial charge in [0, 0.05) is 12.6 Å². The first kappa shape index (κ1) is 12.5. The highest BCUT2D eigenvalue weighted by Gasteiger charge is 2.20. The Morgan fingerprint density at radius 1 is 1.53 bits per heavy atom. The molecule has 1 saturated heterocycles. The minimum atomic E-state index is -0.186. The predicted molar refractivity (Wildman–Crippen MR) is 62.5 cm³/mol. The summed E-state index contributed by atoms with van der Waals surface area (Å²) in [7, 11) is 2.19. The molecule has 0 radical (unpaired) electrons. The average Bonchev–Trinajstić information content (AvgIpc) is 2.59. The van der Waals surface area contributed by atoms with E-state index in [2.05, 4.69) is 23.3 Å². The van der Waals surface area contributed by atoms with E-state index in [0.29, 0.717) is 6.04 Å². The van der Waals surface area contributed by atoms with Crippen molar-refractivity contribution in [3.63, 3.8) is 0 Å². The SMILES string of the molecule is CN1CCCC1CNCCC(C)(C)C#N. The fourth-order valence-electron chi connectivity index (χ4n) is 1.96. The quantitative estimate of drug-likeness (QED) is 0.699. The molecular formula is C12H23N3. The monoisotopic (exact) mass is 209 g/mol. The lowest BCUT2D eigenvalue weighted by atomic mass is 9.91. The Morgan fingerprint density at radius 3 is 2.80 bits per heavy atom. The first-order valence-corrected chi connectivity index (χ1v) is 5.87. The van der Waals surface area contributed by atoms with E-state index < -0.39 is 0 Å². The lowest BCUT2D eigenvalue weighted by Crippen LogP contribution is -2.36. The van der Waals surface area contributed by atoms with Gasteiger partial charge in [0.25, 0.3) is 0 Å². The van der Waals surface area contributed by atoms with Crippen LogP contribution in [0, 0.1) is 16.7 Å². The van der Waals surface area contributed by atoms with Gasteiger partial charge in [0.15, 0.2) is 0 Å². The first-order valence-electron chi connectivity index (χ1n) is 5.87. The van der Waals surface area contributed by atoms with Crippen LogP contribution in [0.3, 0.4) is 0 Å². The van der Waals surface area contributed by atoms with E-state index in [9.17, 15) is 0 Å². The maximum Gasteiger partial charge on any atom is 0.0684 e. The van der Waals surface area contributed by atoms with E-state index in [1.165, 1.54) is 19.4 Å². The van der Waals surface area contributed by atoms with Crippen molar-refractivity contribution in [2.45, 2.75) is 39.2 Å². The second kappa shape index (κ2) is 5.48. The molecule has 1 fully saturated rings. The van der Waals surface area contributed by atoms with Gasteiger partial charge in [0.2, 0.25) is 0 Å². The van der Waals surface area contributed by atoms with Crippen molar-refractivity contribution in [3.8, 4) is 6.07 Å². The molecule has 0 saturated carbocycles. The zero-order chi connectivity index (χ0) is 11.3. The zero-order valence-corrected chi connectivity index (χ0v) is 10.2. The summed E-state index contributed by atoms with van der Waals surface area (Å²) in [5, 5.41) is 12.3. The van der Waals surface area contributed by atoms with Gasteiger partial charge in [-0.2, -0.15) is 5.26 Å². The predicted octanol–water partition coefficient (Wildman–Crippen LogP) is 1.61. The third-order valence-corrected chi connectivity index (χ3v) is 3.28. The molecule has 0 aliphatic carbocycles. The highest BCUT2D eigenvalue weighted by atomic mass is 15.2. The Labute approximate surface area is 93.5 Å². The molecular weight excluding hydrogens is 186 g/mol. The molecule has 1 atom stereocenters. The number of nitrogens with zero attached hydrogens (tertiary/aromatic N) is 2. The number of hydrogen-bond donors (Lipinski definition) is 1. The Hall–Kier alpha value is -0.590. The molecule has 1 heterocycles. The molecule has 0 aromatic heterocycles. The maximum atomic E-state index is 8.86. The average molecular weight is 209 g/mol. The van der Waals surface area contributed by atoms with Gasteiger partial charge in [0.1, 0.15) is 0 Å². The largest absolute Gasteiger partial charge is 0.315 e. The topological polar surface area (TPSA) is 39.1 Å². The molecule has 1 rings (SSSR count). The van der Waals surface area contributed by atoms with Crippen LogP contribution in [0.15, 0.2) is 0 Å². The van der Waals surface area contributed by atoms with E-state index in [4.69, 9.17) is 5.26 Å². The lowest BCUT2D eigenvalue weighted by molar-refractivity contribution is 0.296. The van der Waals surface area contributed by atoms with Crippen LogP contribution in [0.1, 0.15) is 33.1 Å². The molecule has 1 aliphatic rings. The number of nitrogens with one attached hydrogen (secondary N) is 1. The van der Waals surface area contributed by atoms with Crippen molar-refractivity contribution >= 4 is 0 Å². The second-order valence-corrected chi connectivity index (χ2v) is 5.23. The smallest absolute Gasteiger partial charge is 0.0684 e. The van der Waals surface area contributed by atoms with Crippen LogP contribution < -0.4 is 5.32 Å². The summed E-state index contributed by atoms with van der Waals surface area (Å²) in [6.45, 7) is 7.24. The molecule has 0 amide bonds. The van der Waals surface area contributed by atoms with Crippen molar-refractivity contribution in [3.05, 3.63) is 0 Å². The fourth-order valence-corrected chi connectivity index (χ4v) is 1.96. The number of rotatable bonds is 5. The van der Waals surface area contributed by atoms with Crippen LogP contribution in [0.5, 0.6) is 0 Å². The molecule has 86 valence electrons. The summed E-state index contributed by atoms with van der Waals surface area (Å²) in [5.74, 6) is 0. The minimum Gasteiger partial charge on any atom is -0.315 e. The summed E-state index contributed by atoms with van der Waals surface area (Å²) in [5.41, 5.74) is -0.186. The zero-order valence-electron chi connectivity index (χ0n) is 10.2. The van der Waals surface area contributed by atoms with E-state index in [1.807, 2.05) is 13.8 Å².